The maximum Gasteiger partial charge on any atom is 0.291 e. The van der Waals surface area contributed by atoms with Crippen molar-refractivity contribution < 1.29 is 14.0 Å². The van der Waals surface area contributed by atoms with Crippen LogP contribution in [0.15, 0.2) is 69.9 Å². The number of hydrogen-bond donors (Lipinski definition) is 1. The van der Waals surface area contributed by atoms with E-state index in [1.54, 1.807) is 18.3 Å². The van der Waals surface area contributed by atoms with Crippen molar-refractivity contribution in [2.45, 2.75) is 6.42 Å². The lowest BCUT2D eigenvalue weighted by molar-refractivity contribution is 0.0766. The third kappa shape index (κ3) is 4.71. The summed E-state index contributed by atoms with van der Waals surface area (Å²) in [6.07, 6.45) is 3.95. The van der Waals surface area contributed by atoms with Crippen molar-refractivity contribution in [3.05, 3.63) is 76.8 Å². The Kier molecular flexibility index (Phi) is 6.13. The van der Waals surface area contributed by atoms with Gasteiger partial charge < -0.3 is 19.5 Å². The molecule has 4 rings (SSSR count). The highest BCUT2D eigenvalue weighted by atomic mass is 79.9. The molecule has 2 aromatic heterocycles. The topological polar surface area (TPSA) is 78.7 Å². The minimum absolute atomic E-state index is 0.0436. The van der Waals surface area contributed by atoms with Gasteiger partial charge >= 0.3 is 0 Å². The molecule has 0 saturated carbocycles. The van der Waals surface area contributed by atoms with Crippen molar-refractivity contribution in [3.8, 4) is 0 Å². The SMILES string of the molecule is O=C(Nc1ccc(N2CCCN(C(=O)c3cccc(Br)c3)CC2)nc1)c1ccco1. The molecule has 1 fully saturated rings. The van der Waals surface area contributed by atoms with Gasteiger partial charge in [0.05, 0.1) is 18.1 Å². The van der Waals surface area contributed by atoms with E-state index < -0.39 is 0 Å². The number of halogens is 1. The summed E-state index contributed by atoms with van der Waals surface area (Å²) < 4.78 is 5.99. The monoisotopic (exact) mass is 468 g/mol. The predicted octanol–water partition coefficient (Wildman–Crippen LogP) is 4.04. The van der Waals surface area contributed by atoms with E-state index in [2.05, 4.69) is 31.1 Å². The van der Waals surface area contributed by atoms with E-state index >= 15 is 0 Å². The van der Waals surface area contributed by atoms with Crippen molar-refractivity contribution in [2.24, 2.45) is 0 Å². The first-order valence-electron chi connectivity index (χ1n) is 9.71. The first kappa shape index (κ1) is 20.2. The van der Waals surface area contributed by atoms with Crippen LogP contribution in [0.1, 0.15) is 27.3 Å². The molecular weight excluding hydrogens is 448 g/mol. The predicted molar refractivity (Wildman–Crippen MR) is 118 cm³/mol. The molecule has 1 aliphatic rings. The van der Waals surface area contributed by atoms with E-state index in [1.807, 2.05) is 41.3 Å². The molecule has 1 N–H and O–H groups in total. The first-order chi connectivity index (χ1) is 14.6. The van der Waals surface area contributed by atoms with Gasteiger partial charge in [-0.3, -0.25) is 9.59 Å². The van der Waals surface area contributed by atoms with Crippen LogP contribution >= 0.6 is 15.9 Å². The van der Waals surface area contributed by atoms with Crippen molar-refractivity contribution in [2.75, 3.05) is 36.4 Å². The lowest BCUT2D eigenvalue weighted by atomic mass is 10.2. The van der Waals surface area contributed by atoms with Crippen LogP contribution in [0.3, 0.4) is 0 Å². The molecule has 154 valence electrons. The van der Waals surface area contributed by atoms with Crippen molar-refractivity contribution in [1.82, 2.24) is 9.88 Å². The fourth-order valence-corrected chi connectivity index (χ4v) is 3.80. The van der Waals surface area contributed by atoms with Crippen LogP contribution in [0, 0.1) is 0 Å². The third-order valence-corrected chi connectivity index (χ3v) is 5.42. The van der Waals surface area contributed by atoms with Gasteiger partial charge in [-0.15, -0.1) is 0 Å². The number of amides is 2. The molecule has 0 atom stereocenters. The highest BCUT2D eigenvalue weighted by Gasteiger charge is 2.21. The first-order valence-corrected chi connectivity index (χ1v) is 10.5. The van der Waals surface area contributed by atoms with E-state index in [0.717, 1.165) is 23.3 Å². The molecule has 3 heterocycles. The maximum absolute atomic E-state index is 12.8. The van der Waals surface area contributed by atoms with E-state index in [-0.39, 0.29) is 17.6 Å². The largest absolute Gasteiger partial charge is 0.459 e. The number of benzene rings is 1. The van der Waals surface area contributed by atoms with Gasteiger partial charge in [-0.05, 0) is 48.9 Å². The fraction of sp³-hybridized carbons (Fsp3) is 0.227. The Morgan fingerprint density at radius 1 is 1.03 bits per heavy atom. The number of anilines is 2. The van der Waals surface area contributed by atoms with Crippen LogP contribution in [0.25, 0.3) is 0 Å². The summed E-state index contributed by atoms with van der Waals surface area (Å²) in [5.41, 5.74) is 1.29. The molecule has 0 aliphatic carbocycles. The standard InChI is InChI=1S/C22H21BrN4O3/c23-17-5-1-4-16(14-17)22(29)27-10-3-9-26(11-12-27)20-8-7-18(15-24-20)25-21(28)19-6-2-13-30-19/h1-2,4-8,13-15H,3,9-12H2,(H,25,28). The van der Waals surface area contributed by atoms with Crippen LogP contribution in [0.5, 0.6) is 0 Å². The molecular formula is C22H21BrN4O3. The highest BCUT2D eigenvalue weighted by molar-refractivity contribution is 9.10. The molecule has 0 spiro atoms. The number of aromatic nitrogens is 1. The Hall–Kier alpha value is -3.13. The van der Waals surface area contributed by atoms with E-state index in [0.29, 0.717) is 30.9 Å². The van der Waals surface area contributed by atoms with Gasteiger partial charge in [-0.1, -0.05) is 22.0 Å². The summed E-state index contributed by atoms with van der Waals surface area (Å²) in [7, 11) is 0. The zero-order valence-corrected chi connectivity index (χ0v) is 17.8. The lowest BCUT2D eigenvalue weighted by Gasteiger charge is -2.23. The Morgan fingerprint density at radius 2 is 1.93 bits per heavy atom. The minimum Gasteiger partial charge on any atom is -0.459 e. The van der Waals surface area contributed by atoms with Crippen molar-refractivity contribution in [3.63, 3.8) is 0 Å². The van der Waals surface area contributed by atoms with Crippen LogP contribution in [-0.4, -0.2) is 47.9 Å². The van der Waals surface area contributed by atoms with Gasteiger partial charge in [0, 0.05) is 36.2 Å². The number of hydrogen-bond acceptors (Lipinski definition) is 5. The van der Waals surface area contributed by atoms with Crippen LogP contribution in [0.4, 0.5) is 11.5 Å². The third-order valence-electron chi connectivity index (χ3n) is 4.93. The second kappa shape index (κ2) is 9.13. The molecule has 1 aliphatic heterocycles. The summed E-state index contributed by atoms with van der Waals surface area (Å²) in [5.74, 6) is 0.803. The summed E-state index contributed by atoms with van der Waals surface area (Å²) in [6.45, 7) is 2.85. The fourth-order valence-electron chi connectivity index (χ4n) is 3.40. The van der Waals surface area contributed by atoms with Crippen LogP contribution in [0.2, 0.25) is 0 Å². The van der Waals surface area contributed by atoms with Crippen molar-refractivity contribution in [1.29, 1.82) is 0 Å². The smallest absolute Gasteiger partial charge is 0.291 e. The summed E-state index contributed by atoms with van der Waals surface area (Å²) in [4.78, 5) is 33.4. The van der Waals surface area contributed by atoms with E-state index in [4.69, 9.17) is 4.42 Å². The molecule has 2 amide bonds. The molecule has 7 nitrogen and oxygen atoms in total. The molecule has 8 heteroatoms. The molecule has 1 aromatic carbocycles. The number of rotatable bonds is 4. The van der Waals surface area contributed by atoms with Crippen LogP contribution < -0.4 is 10.2 Å². The van der Waals surface area contributed by atoms with Gasteiger partial charge in [-0.2, -0.15) is 0 Å². The Labute approximate surface area is 182 Å². The lowest BCUT2D eigenvalue weighted by Crippen LogP contribution is -2.35. The molecule has 0 unspecified atom stereocenters. The zero-order valence-electron chi connectivity index (χ0n) is 16.3. The normalized spacial score (nSPS) is 14.3. The number of nitrogens with zero attached hydrogens (tertiary/aromatic N) is 3. The van der Waals surface area contributed by atoms with Crippen LogP contribution in [-0.2, 0) is 0 Å². The van der Waals surface area contributed by atoms with E-state index in [1.165, 1.54) is 6.26 Å². The number of carbonyl (C=O) groups is 2. The average molecular weight is 469 g/mol. The molecule has 0 bridgehead atoms. The Balaban J connectivity index is 1.37. The molecule has 30 heavy (non-hydrogen) atoms. The average Bonchev–Trinajstić information content (AvgIpc) is 3.19. The Morgan fingerprint density at radius 3 is 2.67 bits per heavy atom. The molecule has 3 aromatic rings. The van der Waals surface area contributed by atoms with Gasteiger partial charge in [0.1, 0.15) is 5.82 Å². The zero-order chi connectivity index (χ0) is 20.9. The molecule has 1 saturated heterocycles. The van der Waals surface area contributed by atoms with Gasteiger partial charge in [-0.25, -0.2) is 4.98 Å². The van der Waals surface area contributed by atoms with Gasteiger partial charge in [0.2, 0.25) is 0 Å². The maximum atomic E-state index is 12.8. The number of carbonyl (C=O) groups excluding carboxylic acids is 2. The number of pyridine rings is 1. The summed E-state index contributed by atoms with van der Waals surface area (Å²) >= 11 is 3.42. The molecule has 0 radical (unpaired) electrons. The quantitative estimate of drug-likeness (QED) is 0.624. The summed E-state index contributed by atoms with van der Waals surface area (Å²) in [5, 5.41) is 2.76. The summed E-state index contributed by atoms with van der Waals surface area (Å²) in [6, 6.07) is 14.4. The van der Waals surface area contributed by atoms with Gasteiger partial charge in [0.15, 0.2) is 5.76 Å². The van der Waals surface area contributed by atoms with E-state index in [9.17, 15) is 9.59 Å². The van der Waals surface area contributed by atoms with Gasteiger partial charge in [0.25, 0.3) is 11.8 Å². The second-order valence-corrected chi connectivity index (χ2v) is 7.90. The second-order valence-electron chi connectivity index (χ2n) is 6.98. The highest BCUT2D eigenvalue weighted by Crippen LogP contribution is 2.19. The van der Waals surface area contributed by atoms with Crippen molar-refractivity contribution >= 4 is 39.2 Å². The minimum atomic E-state index is -0.314. The number of nitrogens with one attached hydrogen (secondary N) is 1. The number of furan rings is 1. The Bertz CT molecular complexity index is 1020.